The van der Waals surface area contributed by atoms with Crippen LogP contribution in [0.25, 0.3) is 0 Å². The SMILES string of the molecule is O=S(=O)(Nc1ccccc1C(O)Nc1ccc(Cl)c(S(=O)(=O)N2CCOCC2)c1)c1ccc(Cl)s1. The molecule has 35 heavy (non-hydrogen) atoms. The van der Waals surface area contributed by atoms with E-state index in [0.717, 1.165) is 11.3 Å². The molecule has 1 fully saturated rings. The summed E-state index contributed by atoms with van der Waals surface area (Å²) in [7, 11) is -7.81. The summed E-state index contributed by atoms with van der Waals surface area (Å²) in [5.41, 5.74) is 0.648. The van der Waals surface area contributed by atoms with Gasteiger partial charge in [-0.25, -0.2) is 16.8 Å². The van der Waals surface area contributed by atoms with Crippen LogP contribution in [0.2, 0.25) is 9.36 Å². The number of thiophene rings is 1. The standard InChI is InChI=1S/C21H21Cl2N3O6S3/c22-16-6-5-14(13-18(16)35(30,31)26-9-11-32-12-10-26)24-21(27)15-3-1-2-4-17(15)25-34(28,29)20-8-7-19(23)33-20/h1-8,13,21,24-25,27H,9-12H2. The van der Waals surface area contributed by atoms with Crippen LogP contribution in [0.1, 0.15) is 11.8 Å². The van der Waals surface area contributed by atoms with E-state index >= 15 is 0 Å². The maximum Gasteiger partial charge on any atom is 0.271 e. The summed E-state index contributed by atoms with van der Waals surface area (Å²) in [6, 6.07) is 13.4. The minimum Gasteiger partial charge on any atom is -0.379 e. The van der Waals surface area contributed by atoms with Crippen molar-refractivity contribution in [2.75, 3.05) is 36.3 Å². The molecule has 1 saturated heterocycles. The number of sulfonamides is 2. The molecule has 1 atom stereocenters. The Balaban J connectivity index is 1.58. The molecule has 14 heteroatoms. The molecule has 2 heterocycles. The number of benzene rings is 2. The van der Waals surface area contributed by atoms with Crippen LogP contribution in [0.3, 0.4) is 0 Å². The van der Waals surface area contributed by atoms with Gasteiger partial charge in [0.1, 0.15) is 9.10 Å². The lowest BCUT2D eigenvalue weighted by Gasteiger charge is -2.26. The van der Waals surface area contributed by atoms with Gasteiger partial charge in [0.25, 0.3) is 10.0 Å². The van der Waals surface area contributed by atoms with E-state index in [-0.39, 0.29) is 57.4 Å². The topological polar surface area (TPSA) is 125 Å². The second kappa shape index (κ2) is 10.6. The zero-order chi connectivity index (χ0) is 25.2. The first kappa shape index (κ1) is 26.2. The molecular formula is C21H21Cl2N3O6S3. The zero-order valence-electron chi connectivity index (χ0n) is 18.0. The van der Waals surface area contributed by atoms with Gasteiger partial charge < -0.3 is 15.2 Å². The number of para-hydroxylation sites is 1. The van der Waals surface area contributed by atoms with Crippen molar-refractivity contribution >= 4 is 66.0 Å². The second-order valence-electron chi connectivity index (χ2n) is 7.46. The van der Waals surface area contributed by atoms with Crippen molar-refractivity contribution in [2.24, 2.45) is 0 Å². The lowest BCUT2D eigenvalue weighted by molar-refractivity contribution is 0.0730. The Morgan fingerprint density at radius 3 is 2.40 bits per heavy atom. The number of aliphatic hydroxyl groups is 1. The van der Waals surface area contributed by atoms with Gasteiger partial charge in [-0.15, -0.1) is 11.3 Å². The van der Waals surface area contributed by atoms with Crippen molar-refractivity contribution in [2.45, 2.75) is 15.3 Å². The van der Waals surface area contributed by atoms with Crippen LogP contribution in [0.4, 0.5) is 11.4 Å². The van der Waals surface area contributed by atoms with Crippen LogP contribution >= 0.6 is 34.5 Å². The fraction of sp³-hybridized carbons (Fsp3) is 0.238. The van der Waals surface area contributed by atoms with Crippen molar-refractivity contribution < 1.29 is 26.7 Å². The Labute approximate surface area is 217 Å². The van der Waals surface area contributed by atoms with Crippen LogP contribution in [0.15, 0.2) is 63.7 Å². The zero-order valence-corrected chi connectivity index (χ0v) is 22.0. The van der Waals surface area contributed by atoms with Crippen molar-refractivity contribution in [3.63, 3.8) is 0 Å². The molecule has 188 valence electrons. The molecule has 0 aliphatic carbocycles. The number of nitrogens with zero attached hydrogens (tertiary/aromatic N) is 1. The predicted octanol–water partition coefficient (Wildman–Crippen LogP) is 3.98. The summed E-state index contributed by atoms with van der Waals surface area (Å²) < 4.78 is 60.9. The normalized spacial score (nSPS) is 16.1. The van der Waals surface area contributed by atoms with Crippen molar-refractivity contribution in [3.8, 4) is 0 Å². The summed E-state index contributed by atoms with van der Waals surface area (Å²) in [5, 5.41) is 13.7. The van der Waals surface area contributed by atoms with Crippen molar-refractivity contribution in [1.29, 1.82) is 0 Å². The minimum atomic E-state index is -3.93. The molecule has 9 nitrogen and oxygen atoms in total. The average Bonchev–Trinajstić information content (AvgIpc) is 3.28. The van der Waals surface area contributed by atoms with Gasteiger partial charge in [0.15, 0.2) is 6.23 Å². The first-order chi connectivity index (χ1) is 16.6. The minimum absolute atomic E-state index is 0.0235. The van der Waals surface area contributed by atoms with E-state index < -0.39 is 26.3 Å². The van der Waals surface area contributed by atoms with Crippen LogP contribution in [0, 0.1) is 0 Å². The maximum atomic E-state index is 13.1. The Bertz CT molecular complexity index is 1420. The molecule has 0 amide bonds. The Hall–Kier alpha value is -1.90. The fourth-order valence-electron chi connectivity index (χ4n) is 3.42. The molecule has 1 aromatic heterocycles. The number of morpholine rings is 1. The van der Waals surface area contributed by atoms with Gasteiger partial charge in [0, 0.05) is 24.3 Å². The van der Waals surface area contributed by atoms with Gasteiger partial charge in [-0.2, -0.15) is 4.31 Å². The Morgan fingerprint density at radius 1 is 1.00 bits per heavy atom. The lowest BCUT2D eigenvalue weighted by atomic mass is 10.1. The molecule has 1 unspecified atom stereocenters. The molecule has 3 N–H and O–H groups in total. The highest BCUT2D eigenvalue weighted by Crippen LogP contribution is 2.32. The number of rotatable bonds is 8. The maximum absolute atomic E-state index is 13.1. The third kappa shape index (κ3) is 5.92. The lowest BCUT2D eigenvalue weighted by Crippen LogP contribution is -2.40. The predicted molar refractivity (Wildman–Crippen MR) is 136 cm³/mol. The summed E-state index contributed by atoms with van der Waals surface area (Å²) >= 11 is 13.0. The summed E-state index contributed by atoms with van der Waals surface area (Å²) in [5.74, 6) is 0. The summed E-state index contributed by atoms with van der Waals surface area (Å²) in [6.07, 6.45) is -1.37. The number of aliphatic hydroxyl groups excluding tert-OH is 1. The first-order valence-electron chi connectivity index (χ1n) is 10.3. The molecule has 0 radical (unpaired) electrons. The highest BCUT2D eigenvalue weighted by molar-refractivity contribution is 7.94. The molecule has 0 saturated carbocycles. The molecule has 1 aliphatic rings. The third-order valence-corrected chi connectivity index (χ3v) is 10.6. The monoisotopic (exact) mass is 577 g/mol. The van der Waals surface area contributed by atoms with E-state index in [2.05, 4.69) is 10.0 Å². The Kier molecular flexibility index (Phi) is 7.93. The summed E-state index contributed by atoms with van der Waals surface area (Å²) in [4.78, 5) is -0.109. The average molecular weight is 579 g/mol. The number of nitrogens with one attached hydrogen (secondary N) is 2. The van der Waals surface area contributed by atoms with Crippen molar-refractivity contribution in [3.05, 3.63) is 69.5 Å². The second-order valence-corrected chi connectivity index (χ2v) is 13.4. The molecule has 2 aromatic carbocycles. The first-order valence-corrected chi connectivity index (χ1v) is 14.8. The van der Waals surface area contributed by atoms with Crippen LogP contribution in [-0.2, 0) is 24.8 Å². The van der Waals surface area contributed by atoms with Crippen LogP contribution < -0.4 is 10.0 Å². The quantitative estimate of drug-likeness (QED) is 0.346. The van der Waals surface area contributed by atoms with Gasteiger partial charge >= 0.3 is 0 Å². The number of halogens is 2. The molecule has 4 rings (SSSR count). The molecule has 0 bridgehead atoms. The van der Waals surface area contributed by atoms with E-state index in [4.69, 9.17) is 27.9 Å². The summed E-state index contributed by atoms with van der Waals surface area (Å²) in [6.45, 7) is 1.000. The number of hydrogen-bond acceptors (Lipinski definition) is 8. The van der Waals surface area contributed by atoms with Gasteiger partial charge in [-0.1, -0.05) is 41.4 Å². The van der Waals surface area contributed by atoms with Gasteiger partial charge in [0.2, 0.25) is 10.0 Å². The van der Waals surface area contributed by atoms with E-state index in [1.165, 1.54) is 46.8 Å². The van der Waals surface area contributed by atoms with E-state index in [1.807, 2.05) is 0 Å². The molecule has 3 aromatic rings. The molecular weight excluding hydrogens is 557 g/mol. The van der Waals surface area contributed by atoms with E-state index in [1.54, 1.807) is 12.1 Å². The smallest absolute Gasteiger partial charge is 0.271 e. The third-order valence-electron chi connectivity index (χ3n) is 5.14. The number of ether oxygens (including phenoxy) is 1. The number of anilines is 2. The highest BCUT2D eigenvalue weighted by atomic mass is 35.5. The molecule has 1 aliphatic heterocycles. The van der Waals surface area contributed by atoms with E-state index in [9.17, 15) is 21.9 Å². The number of hydrogen-bond donors (Lipinski definition) is 3. The highest BCUT2D eigenvalue weighted by Gasteiger charge is 2.29. The Morgan fingerprint density at radius 2 is 1.71 bits per heavy atom. The largest absolute Gasteiger partial charge is 0.379 e. The van der Waals surface area contributed by atoms with Gasteiger partial charge in [-0.3, -0.25) is 4.72 Å². The van der Waals surface area contributed by atoms with E-state index in [0.29, 0.717) is 4.34 Å². The van der Waals surface area contributed by atoms with Crippen LogP contribution in [0.5, 0.6) is 0 Å². The van der Waals surface area contributed by atoms with Gasteiger partial charge in [0.05, 0.1) is 28.3 Å². The van der Waals surface area contributed by atoms with Crippen LogP contribution in [-0.4, -0.2) is 52.6 Å². The fourth-order valence-corrected chi connectivity index (χ4v) is 7.90. The van der Waals surface area contributed by atoms with Gasteiger partial charge in [-0.05, 0) is 36.4 Å². The van der Waals surface area contributed by atoms with Crippen molar-refractivity contribution in [1.82, 2.24) is 4.31 Å². The molecule has 0 spiro atoms.